The number of fused-ring (bicyclic) bond motifs is 1. The molecule has 0 atom stereocenters. The van der Waals surface area contributed by atoms with Crippen LogP contribution in [0.25, 0.3) is 6.08 Å². The van der Waals surface area contributed by atoms with Crippen LogP contribution in [0.4, 0.5) is 0 Å². The summed E-state index contributed by atoms with van der Waals surface area (Å²) in [6.45, 7) is 4.09. The van der Waals surface area contributed by atoms with Crippen molar-refractivity contribution in [2.75, 3.05) is 0 Å². The maximum Gasteiger partial charge on any atom is 0.220 e. The fourth-order valence-electron chi connectivity index (χ4n) is 1.93. The second-order valence-electron chi connectivity index (χ2n) is 4.15. The third kappa shape index (κ3) is 4.01. The molecule has 0 spiro atoms. The summed E-state index contributed by atoms with van der Waals surface area (Å²) in [4.78, 5) is 11.0. The van der Waals surface area contributed by atoms with E-state index >= 15 is 0 Å². The molecule has 4 heteroatoms. The van der Waals surface area contributed by atoms with Crippen LogP contribution in [0.5, 0.6) is 0 Å². The quantitative estimate of drug-likeness (QED) is 0.600. The lowest BCUT2D eigenvalue weighted by molar-refractivity contribution is -0.114. The predicted molar refractivity (Wildman–Crippen MR) is 82.5 cm³/mol. The van der Waals surface area contributed by atoms with Gasteiger partial charge in [0.25, 0.3) is 0 Å². The van der Waals surface area contributed by atoms with Crippen LogP contribution >= 0.6 is 23.5 Å². The van der Waals surface area contributed by atoms with Gasteiger partial charge in [-0.05, 0) is 23.1 Å². The second-order valence-corrected chi connectivity index (χ2v) is 5.98. The van der Waals surface area contributed by atoms with E-state index in [0.29, 0.717) is 10.9 Å². The molecular weight excluding hydrogens is 278 g/mol. The van der Waals surface area contributed by atoms with Crippen LogP contribution in [0, 0.1) is 0 Å². The molecule has 0 saturated heterocycles. The lowest BCUT2D eigenvalue weighted by Crippen LogP contribution is -2.12. The van der Waals surface area contributed by atoms with E-state index in [0.717, 1.165) is 30.3 Å². The highest BCUT2D eigenvalue weighted by molar-refractivity contribution is 8.02. The number of hydrogen-bond acceptors (Lipinski definition) is 2. The molecule has 0 unspecified atom stereocenters. The Hall–Kier alpha value is -1.45. The Balaban J connectivity index is 2.15. The number of carbonyl (C=O) groups is 1. The molecule has 1 aliphatic carbocycles. The Bertz CT molecular complexity index is 551. The van der Waals surface area contributed by atoms with Crippen molar-refractivity contribution in [3.8, 4) is 0 Å². The molecule has 0 aliphatic heterocycles. The van der Waals surface area contributed by atoms with E-state index in [1.165, 1.54) is 15.4 Å². The van der Waals surface area contributed by atoms with Crippen LogP contribution < -0.4 is 0 Å². The van der Waals surface area contributed by atoms with Crippen molar-refractivity contribution in [3.63, 3.8) is 0 Å². The van der Waals surface area contributed by atoms with Gasteiger partial charge in [-0.2, -0.15) is 0 Å². The van der Waals surface area contributed by atoms with E-state index in [-0.39, 0.29) is 0 Å². The van der Waals surface area contributed by atoms with Gasteiger partial charge in [0.2, 0.25) is 6.41 Å². The fourth-order valence-corrected chi connectivity index (χ4v) is 2.70. The summed E-state index contributed by atoms with van der Waals surface area (Å²) in [7, 11) is 0. The van der Waals surface area contributed by atoms with E-state index in [1.54, 1.807) is 0 Å². The summed E-state index contributed by atoms with van der Waals surface area (Å²) in [6, 6.07) is 6.24. The first kappa shape index (κ1) is 14.0. The third-order valence-corrected chi connectivity index (χ3v) is 3.60. The maximum absolute atomic E-state index is 11.0. The molecule has 0 heterocycles. The molecular formula is C15H14ClNOS. The van der Waals surface area contributed by atoms with Gasteiger partial charge in [-0.25, -0.2) is 0 Å². The van der Waals surface area contributed by atoms with Gasteiger partial charge in [-0.15, -0.1) is 0 Å². The van der Waals surface area contributed by atoms with Crippen molar-refractivity contribution in [2.24, 2.45) is 0 Å². The normalized spacial score (nSPS) is 12.7. The smallest absolute Gasteiger partial charge is 0.220 e. The minimum Gasteiger partial charge on any atom is -0.280 e. The fraction of sp³-hybridized carbons (Fsp3) is 0.133. The van der Waals surface area contributed by atoms with Gasteiger partial charge in [0.1, 0.15) is 0 Å². The number of nitrogens with zero attached hydrogens (tertiary/aromatic N) is 1. The summed E-state index contributed by atoms with van der Waals surface area (Å²) < 4.78 is 1.91. The molecule has 1 amide bonds. The molecule has 2 rings (SSSR count). The van der Waals surface area contributed by atoms with Crippen molar-refractivity contribution in [2.45, 2.75) is 13.0 Å². The first-order valence-electron chi connectivity index (χ1n) is 5.88. The number of halogens is 1. The zero-order valence-corrected chi connectivity index (χ0v) is 12.0. The summed E-state index contributed by atoms with van der Waals surface area (Å²) in [6.07, 6.45) is 9.98. The van der Waals surface area contributed by atoms with E-state index in [1.807, 2.05) is 18.2 Å². The molecule has 1 aromatic carbocycles. The van der Waals surface area contributed by atoms with Crippen LogP contribution in [0.15, 0.2) is 47.4 Å². The Morgan fingerprint density at radius 3 is 3.05 bits per heavy atom. The number of carbonyl (C=O) groups excluding carboxylic acids is 1. The minimum absolute atomic E-state index is 0.382. The molecule has 0 saturated carbocycles. The number of benzene rings is 1. The summed E-state index contributed by atoms with van der Waals surface area (Å²) in [5, 5.41) is 0. The Morgan fingerprint density at radius 1 is 1.47 bits per heavy atom. The standard InChI is InChI=1S/C15H14ClNOS/c1-12(16)19-17(11-18)10-13-7-8-14-5-3-2-4-6-15(14)9-13/h2-5,7-9,11H,1,6,10H2. The molecule has 0 radical (unpaired) electrons. The number of hydrogen-bond donors (Lipinski definition) is 0. The highest BCUT2D eigenvalue weighted by Gasteiger charge is 2.08. The van der Waals surface area contributed by atoms with Crippen molar-refractivity contribution >= 4 is 36.0 Å². The van der Waals surface area contributed by atoms with Crippen molar-refractivity contribution in [1.29, 1.82) is 0 Å². The molecule has 0 fully saturated rings. The second kappa shape index (κ2) is 6.64. The van der Waals surface area contributed by atoms with Gasteiger partial charge in [0, 0.05) is 11.9 Å². The molecule has 0 bridgehead atoms. The summed E-state index contributed by atoms with van der Waals surface area (Å²) in [5.74, 6) is 0. The Morgan fingerprint density at radius 2 is 2.32 bits per heavy atom. The van der Waals surface area contributed by atoms with Gasteiger partial charge < -0.3 is 0 Å². The van der Waals surface area contributed by atoms with E-state index in [9.17, 15) is 4.79 Å². The number of allylic oxidation sites excluding steroid dienone is 3. The van der Waals surface area contributed by atoms with E-state index in [4.69, 9.17) is 11.6 Å². The van der Waals surface area contributed by atoms with Crippen LogP contribution in [-0.4, -0.2) is 10.7 Å². The van der Waals surface area contributed by atoms with Gasteiger partial charge in [-0.3, -0.25) is 9.10 Å². The maximum atomic E-state index is 11.0. The van der Waals surface area contributed by atoms with Gasteiger partial charge in [0.05, 0.1) is 10.9 Å². The molecule has 0 N–H and O–H groups in total. The molecule has 19 heavy (non-hydrogen) atoms. The number of amides is 1. The largest absolute Gasteiger partial charge is 0.280 e. The average molecular weight is 292 g/mol. The van der Waals surface area contributed by atoms with Crippen LogP contribution in [0.3, 0.4) is 0 Å². The molecule has 0 aromatic heterocycles. The Kier molecular flexibility index (Phi) is 4.88. The van der Waals surface area contributed by atoms with Crippen LogP contribution in [-0.2, 0) is 17.8 Å². The predicted octanol–water partition coefficient (Wildman–Crippen LogP) is 4.13. The van der Waals surface area contributed by atoms with Crippen LogP contribution in [0.2, 0.25) is 0 Å². The first-order valence-corrected chi connectivity index (χ1v) is 7.03. The molecule has 2 nitrogen and oxygen atoms in total. The lowest BCUT2D eigenvalue weighted by atomic mass is 10.0. The average Bonchev–Trinajstić information content (AvgIpc) is 2.62. The highest BCUT2D eigenvalue weighted by atomic mass is 35.5. The molecule has 1 aliphatic rings. The highest BCUT2D eigenvalue weighted by Crippen LogP contribution is 2.24. The first-order chi connectivity index (χ1) is 9.19. The van der Waals surface area contributed by atoms with Crippen molar-refractivity contribution in [1.82, 2.24) is 4.31 Å². The van der Waals surface area contributed by atoms with E-state index in [2.05, 4.69) is 30.9 Å². The number of rotatable bonds is 5. The SMILES string of the molecule is C=C(Cl)SN(C=O)Cc1ccc2c(c1)CC=CC=C2. The van der Waals surface area contributed by atoms with Gasteiger partial charge in [-0.1, -0.05) is 60.7 Å². The third-order valence-electron chi connectivity index (χ3n) is 2.74. The minimum atomic E-state index is 0.382. The van der Waals surface area contributed by atoms with Gasteiger partial charge in [0.15, 0.2) is 0 Å². The zero-order valence-electron chi connectivity index (χ0n) is 10.4. The monoisotopic (exact) mass is 291 g/mol. The van der Waals surface area contributed by atoms with Crippen LogP contribution in [0.1, 0.15) is 16.7 Å². The van der Waals surface area contributed by atoms with E-state index < -0.39 is 0 Å². The summed E-state index contributed by atoms with van der Waals surface area (Å²) in [5.41, 5.74) is 3.57. The topological polar surface area (TPSA) is 20.3 Å². The van der Waals surface area contributed by atoms with Gasteiger partial charge >= 0.3 is 0 Å². The molecule has 98 valence electrons. The van der Waals surface area contributed by atoms with Crippen molar-refractivity contribution < 1.29 is 4.79 Å². The van der Waals surface area contributed by atoms with Crippen molar-refractivity contribution in [3.05, 3.63) is 64.1 Å². The lowest BCUT2D eigenvalue weighted by Gasteiger charge is -2.16. The molecule has 1 aromatic rings. The zero-order chi connectivity index (χ0) is 13.7. The Labute approximate surface area is 122 Å². The summed E-state index contributed by atoms with van der Waals surface area (Å²) >= 11 is 6.85.